The van der Waals surface area contributed by atoms with Crippen LogP contribution in [-0.4, -0.2) is 27.5 Å². The van der Waals surface area contributed by atoms with Crippen molar-refractivity contribution in [3.05, 3.63) is 51.9 Å². The summed E-state index contributed by atoms with van der Waals surface area (Å²) in [4.78, 5) is 12.9. The number of allylic oxidation sites excluding steroid dienone is 3. The number of carbonyl (C=O) groups excluding carboxylic acids is 1. The average molecular weight is 411 g/mol. The highest BCUT2D eigenvalue weighted by molar-refractivity contribution is 7.93. The summed E-state index contributed by atoms with van der Waals surface area (Å²) in [7, 11) is -2.16. The lowest BCUT2D eigenvalue weighted by Crippen LogP contribution is -2.29. The fraction of sp³-hybridized carbons (Fsp3) is 0.421. The normalized spacial score (nSPS) is 27.0. The number of carbonyl (C=O) groups is 1. The number of nitrogens with one attached hydrogen (secondary N) is 1. The summed E-state index contributed by atoms with van der Waals surface area (Å²) in [6.45, 7) is 2.09. The van der Waals surface area contributed by atoms with Crippen molar-refractivity contribution in [3.63, 3.8) is 0 Å². The van der Waals surface area contributed by atoms with Gasteiger partial charge >= 0.3 is 0 Å². The zero-order valence-corrected chi connectivity index (χ0v) is 16.8. The fourth-order valence-corrected chi connectivity index (χ4v) is 4.68. The molecule has 0 aromatic heterocycles. The van der Waals surface area contributed by atoms with Gasteiger partial charge in [0.05, 0.1) is 17.6 Å². The first-order chi connectivity index (χ1) is 12.8. The molecule has 1 unspecified atom stereocenters. The monoisotopic (exact) mass is 410 g/mol. The van der Waals surface area contributed by atoms with E-state index in [0.29, 0.717) is 28.7 Å². The first kappa shape index (κ1) is 19.9. The Morgan fingerprint density at radius 1 is 1.41 bits per heavy atom. The van der Waals surface area contributed by atoms with Crippen LogP contribution in [0.3, 0.4) is 0 Å². The third-order valence-electron chi connectivity index (χ3n) is 5.33. The molecule has 0 spiro atoms. The third-order valence-corrected chi connectivity index (χ3v) is 6.52. The van der Waals surface area contributed by atoms with Crippen molar-refractivity contribution in [2.24, 2.45) is 22.9 Å². The van der Waals surface area contributed by atoms with Gasteiger partial charge in [0, 0.05) is 11.1 Å². The number of halogens is 1. The molecule has 0 saturated heterocycles. The van der Waals surface area contributed by atoms with Crippen molar-refractivity contribution in [1.82, 2.24) is 5.32 Å². The van der Waals surface area contributed by atoms with E-state index in [9.17, 15) is 13.2 Å². The Hall–Kier alpha value is -1.83. The molecular weight excluding hydrogens is 388 g/mol. The van der Waals surface area contributed by atoms with Crippen LogP contribution in [0.15, 0.2) is 41.3 Å². The molecule has 8 heteroatoms. The number of nitrogens with two attached hydrogens (primary N) is 1. The number of amides is 1. The Morgan fingerprint density at radius 3 is 2.70 bits per heavy atom. The summed E-state index contributed by atoms with van der Waals surface area (Å²) in [6.07, 6.45) is 6.63. The van der Waals surface area contributed by atoms with E-state index in [-0.39, 0.29) is 28.7 Å². The highest BCUT2D eigenvalue weighted by Crippen LogP contribution is 2.49. The van der Waals surface area contributed by atoms with Crippen molar-refractivity contribution in [1.29, 1.82) is 0 Å². The van der Waals surface area contributed by atoms with Crippen LogP contribution in [-0.2, 0) is 10.0 Å². The van der Waals surface area contributed by atoms with Crippen LogP contribution in [0.1, 0.15) is 30.1 Å². The number of primary sulfonamides is 1. The lowest BCUT2D eigenvalue weighted by atomic mass is 9.94. The zero-order valence-electron chi connectivity index (χ0n) is 15.2. The molecule has 3 rings (SSSR count). The molecule has 0 bridgehead atoms. The molecular formula is C19H23ClN2O4S. The Kier molecular flexibility index (Phi) is 5.65. The van der Waals surface area contributed by atoms with E-state index in [4.69, 9.17) is 21.5 Å². The first-order valence-electron chi connectivity index (χ1n) is 8.81. The number of hydrogen-bond donors (Lipinski definition) is 2. The molecule has 1 aromatic rings. The standard InChI is InChI=1S/C19H23ClN2O4S/c1-3-14-17(11-4-7-13(8-5-11)27(21,24)25)18(14)22-19(23)15-10-12(20)6-9-16(15)26-2/h4,6-11,14,17-18H,3,5H2,1-2H3,(H,22,23)(H2,21,24,25)/t11?,14-,17-,18-/m1/s1. The number of ether oxygens (including phenoxy) is 1. The second-order valence-corrected chi connectivity index (χ2v) is 8.90. The molecule has 146 valence electrons. The minimum absolute atomic E-state index is 0.0327. The lowest BCUT2D eigenvalue weighted by molar-refractivity contribution is 0.0943. The summed E-state index contributed by atoms with van der Waals surface area (Å²) in [5.74, 6) is 1.03. The van der Waals surface area contributed by atoms with Gasteiger partial charge in [-0.3, -0.25) is 4.79 Å². The molecule has 0 aliphatic heterocycles. The van der Waals surface area contributed by atoms with Crippen LogP contribution in [0.2, 0.25) is 5.02 Å². The van der Waals surface area contributed by atoms with Crippen molar-refractivity contribution < 1.29 is 17.9 Å². The molecule has 1 saturated carbocycles. The molecule has 1 aromatic carbocycles. The van der Waals surface area contributed by atoms with Crippen LogP contribution >= 0.6 is 11.6 Å². The largest absolute Gasteiger partial charge is 0.496 e. The maximum Gasteiger partial charge on any atom is 0.255 e. The van der Waals surface area contributed by atoms with Gasteiger partial charge in [0.1, 0.15) is 5.75 Å². The summed E-state index contributed by atoms with van der Waals surface area (Å²) in [5.41, 5.74) is 0.404. The van der Waals surface area contributed by atoms with Gasteiger partial charge in [0.15, 0.2) is 0 Å². The molecule has 2 aliphatic carbocycles. The van der Waals surface area contributed by atoms with Crippen molar-refractivity contribution in [2.45, 2.75) is 25.8 Å². The molecule has 0 heterocycles. The van der Waals surface area contributed by atoms with Crippen molar-refractivity contribution in [2.75, 3.05) is 7.11 Å². The lowest BCUT2D eigenvalue weighted by Gasteiger charge is -2.16. The molecule has 1 fully saturated rings. The Morgan fingerprint density at radius 2 is 2.15 bits per heavy atom. The van der Waals surface area contributed by atoms with Gasteiger partial charge in [-0.2, -0.15) is 0 Å². The highest BCUT2D eigenvalue weighted by atomic mass is 35.5. The maximum atomic E-state index is 12.7. The fourth-order valence-electron chi connectivity index (χ4n) is 3.91. The third kappa shape index (κ3) is 4.20. The number of benzene rings is 1. The van der Waals surface area contributed by atoms with E-state index in [0.717, 1.165) is 6.42 Å². The van der Waals surface area contributed by atoms with Crippen LogP contribution in [0, 0.1) is 17.8 Å². The number of rotatable bonds is 6. The molecule has 4 atom stereocenters. The van der Waals surface area contributed by atoms with Gasteiger partial charge in [0.2, 0.25) is 10.0 Å². The molecule has 3 N–H and O–H groups in total. The van der Waals surface area contributed by atoms with E-state index < -0.39 is 10.0 Å². The zero-order chi connectivity index (χ0) is 19.8. The topological polar surface area (TPSA) is 98.5 Å². The van der Waals surface area contributed by atoms with E-state index in [2.05, 4.69) is 12.2 Å². The molecule has 1 amide bonds. The summed E-state index contributed by atoms with van der Waals surface area (Å²) in [5, 5.41) is 8.73. The van der Waals surface area contributed by atoms with Crippen LogP contribution < -0.4 is 15.2 Å². The van der Waals surface area contributed by atoms with Gasteiger partial charge in [-0.25, -0.2) is 13.6 Å². The van der Waals surface area contributed by atoms with Gasteiger partial charge in [-0.05, 0) is 48.4 Å². The quantitative estimate of drug-likeness (QED) is 0.753. The molecule has 0 radical (unpaired) electrons. The highest BCUT2D eigenvalue weighted by Gasteiger charge is 2.53. The predicted octanol–water partition coefficient (Wildman–Crippen LogP) is 2.85. The minimum atomic E-state index is -3.68. The Balaban J connectivity index is 1.70. The summed E-state index contributed by atoms with van der Waals surface area (Å²) < 4.78 is 28.1. The van der Waals surface area contributed by atoms with E-state index in [1.54, 1.807) is 30.4 Å². The Labute approximate surface area is 164 Å². The molecule has 27 heavy (non-hydrogen) atoms. The van der Waals surface area contributed by atoms with Gasteiger partial charge in [-0.1, -0.05) is 37.1 Å². The molecule has 6 nitrogen and oxygen atoms in total. The number of hydrogen-bond acceptors (Lipinski definition) is 4. The second kappa shape index (κ2) is 7.66. The predicted molar refractivity (Wildman–Crippen MR) is 105 cm³/mol. The van der Waals surface area contributed by atoms with Crippen LogP contribution in [0.4, 0.5) is 0 Å². The van der Waals surface area contributed by atoms with E-state index in [1.807, 2.05) is 6.08 Å². The maximum absolute atomic E-state index is 12.7. The second-order valence-electron chi connectivity index (χ2n) is 6.90. The van der Waals surface area contributed by atoms with E-state index in [1.165, 1.54) is 7.11 Å². The summed E-state index contributed by atoms with van der Waals surface area (Å²) in [6, 6.07) is 4.97. The van der Waals surface area contributed by atoms with Crippen molar-refractivity contribution in [3.8, 4) is 5.75 Å². The first-order valence-corrected chi connectivity index (χ1v) is 10.7. The molecule has 2 aliphatic rings. The van der Waals surface area contributed by atoms with Gasteiger partial charge in [0.25, 0.3) is 5.91 Å². The summed E-state index contributed by atoms with van der Waals surface area (Å²) >= 11 is 6.02. The van der Waals surface area contributed by atoms with Crippen molar-refractivity contribution >= 4 is 27.5 Å². The SMILES string of the molecule is CC[C@H]1[C@@H](NC(=O)c2cc(Cl)ccc2OC)[C@@H]1C1C=CC(S(N)(=O)=O)=CC1. The smallest absolute Gasteiger partial charge is 0.255 e. The van der Waals surface area contributed by atoms with E-state index >= 15 is 0 Å². The Bertz CT molecular complexity index is 910. The number of methoxy groups -OCH3 is 1. The van der Waals surface area contributed by atoms with Gasteiger partial charge in [-0.15, -0.1) is 0 Å². The minimum Gasteiger partial charge on any atom is -0.496 e. The number of sulfonamides is 1. The van der Waals surface area contributed by atoms with Crippen LogP contribution in [0.25, 0.3) is 0 Å². The van der Waals surface area contributed by atoms with Gasteiger partial charge < -0.3 is 10.1 Å². The van der Waals surface area contributed by atoms with Crippen LogP contribution in [0.5, 0.6) is 5.75 Å². The average Bonchev–Trinajstić information content (AvgIpc) is 3.33.